The zero-order valence-corrected chi connectivity index (χ0v) is 12.0. The minimum Gasteiger partial charge on any atom is -0.393 e. The zero-order chi connectivity index (χ0) is 14.0. The van der Waals surface area contributed by atoms with Crippen LogP contribution in [0.5, 0.6) is 0 Å². The van der Waals surface area contributed by atoms with E-state index in [9.17, 15) is 13.5 Å². The Bertz CT molecular complexity index is 518. The lowest BCUT2D eigenvalue weighted by Gasteiger charge is -2.25. The van der Waals surface area contributed by atoms with Crippen LogP contribution >= 0.6 is 0 Å². The Morgan fingerprint density at radius 2 is 2.16 bits per heavy atom. The minimum absolute atomic E-state index is 0.129. The van der Waals surface area contributed by atoms with Gasteiger partial charge in [-0.15, -0.1) is 0 Å². The Kier molecular flexibility index (Phi) is 4.27. The topological polar surface area (TPSA) is 92.4 Å². The molecule has 0 bridgehead atoms. The Hall–Kier alpha value is -0.920. The van der Waals surface area contributed by atoms with Gasteiger partial charge in [-0.3, -0.25) is 0 Å². The highest BCUT2D eigenvalue weighted by atomic mass is 32.2. The van der Waals surface area contributed by atoms with Gasteiger partial charge in [-0.25, -0.2) is 13.1 Å². The van der Waals surface area contributed by atoms with Gasteiger partial charge in [0.25, 0.3) is 0 Å². The molecule has 2 unspecified atom stereocenters. The first-order valence-electron chi connectivity index (χ1n) is 6.50. The maximum Gasteiger partial charge on any atom is 0.245 e. The number of nitrogens with one attached hydrogen (secondary N) is 1. The van der Waals surface area contributed by atoms with Gasteiger partial charge in [0, 0.05) is 6.54 Å². The largest absolute Gasteiger partial charge is 0.393 e. The van der Waals surface area contributed by atoms with Gasteiger partial charge in [0.05, 0.1) is 6.10 Å². The number of aliphatic hydroxyl groups is 1. The molecule has 0 amide bonds. The molecular weight excluding hydrogens is 268 g/mol. The van der Waals surface area contributed by atoms with Crippen LogP contribution in [0.2, 0.25) is 0 Å². The smallest absolute Gasteiger partial charge is 0.245 e. The van der Waals surface area contributed by atoms with E-state index in [1.807, 2.05) is 0 Å². The summed E-state index contributed by atoms with van der Waals surface area (Å²) in [5.74, 6) is 0.493. The van der Waals surface area contributed by atoms with Crippen molar-refractivity contribution >= 4 is 10.0 Å². The second kappa shape index (κ2) is 5.60. The van der Waals surface area contributed by atoms with Gasteiger partial charge in [0.15, 0.2) is 5.76 Å². The molecule has 108 valence electrons. The van der Waals surface area contributed by atoms with E-state index >= 15 is 0 Å². The molecule has 19 heavy (non-hydrogen) atoms. The van der Waals surface area contributed by atoms with Gasteiger partial charge in [0.1, 0.15) is 10.6 Å². The van der Waals surface area contributed by atoms with E-state index in [0.29, 0.717) is 24.4 Å². The second-order valence-electron chi connectivity index (χ2n) is 5.19. The van der Waals surface area contributed by atoms with E-state index in [0.717, 1.165) is 19.3 Å². The lowest BCUT2D eigenvalue weighted by atomic mass is 9.87. The van der Waals surface area contributed by atoms with Crippen molar-refractivity contribution < 1.29 is 18.0 Å². The van der Waals surface area contributed by atoms with Gasteiger partial charge >= 0.3 is 0 Å². The minimum atomic E-state index is -3.58. The van der Waals surface area contributed by atoms with Crippen molar-refractivity contribution in [1.82, 2.24) is 9.88 Å². The summed E-state index contributed by atoms with van der Waals surface area (Å²) >= 11 is 0. The number of aryl methyl sites for hydroxylation is 2. The maximum atomic E-state index is 12.2. The Morgan fingerprint density at radius 3 is 2.74 bits per heavy atom. The van der Waals surface area contributed by atoms with Crippen LogP contribution in [0.1, 0.15) is 37.1 Å². The number of aromatic nitrogens is 1. The summed E-state index contributed by atoms with van der Waals surface area (Å²) in [5.41, 5.74) is 0.369. The standard InChI is InChI=1S/C12H20N2O4S/c1-8-12(9(2)18-14-8)19(16,17)13-7-10-4-3-5-11(15)6-10/h10-11,13,15H,3-7H2,1-2H3. The third-order valence-electron chi connectivity index (χ3n) is 3.55. The highest BCUT2D eigenvalue weighted by molar-refractivity contribution is 7.89. The molecule has 0 spiro atoms. The van der Waals surface area contributed by atoms with E-state index in [-0.39, 0.29) is 16.9 Å². The average molecular weight is 288 g/mol. The Morgan fingerprint density at radius 1 is 1.42 bits per heavy atom. The zero-order valence-electron chi connectivity index (χ0n) is 11.2. The van der Waals surface area contributed by atoms with Crippen molar-refractivity contribution in [3.63, 3.8) is 0 Å². The van der Waals surface area contributed by atoms with Crippen molar-refractivity contribution in [2.24, 2.45) is 5.92 Å². The molecule has 2 N–H and O–H groups in total. The molecule has 1 aliphatic rings. The number of hydrogen-bond acceptors (Lipinski definition) is 5. The normalized spacial score (nSPS) is 24.6. The first-order chi connectivity index (χ1) is 8.90. The predicted octanol–water partition coefficient (Wildman–Crippen LogP) is 1.12. The summed E-state index contributed by atoms with van der Waals surface area (Å²) < 4.78 is 31.8. The van der Waals surface area contributed by atoms with Gasteiger partial charge in [0.2, 0.25) is 10.0 Å². The van der Waals surface area contributed by atoms with Crippen molar-refractivity contribution in [1.29, 1.82) is 0 Å². The van der Waals surface area contributed by atoms with E-state index in [4.69, 9.17) is 4.52 Å². The fourth-order valence-corrected chi connectivity index (χ4v) is 4.05. The van der Waals surface area contributed by atoms with Crippen LogP contribution in [0.25, 0.3) is 0 Å². The molecule has 2 rings (SSSR count). The molecule has 2 atom stereocenters. The van der Waals surface area contributed by atoms with Crippen LogP contribution < -0.4 is 4.72 Å². The highest BCUT2D eigenvalue weighted by Gasteiger charge is 2.26. The molecule has 0 radical (unpaired) electrons. The molecule has 1 fully saturated rings. The molecule has 1 aliphatic carbocycles. The second-order valence-corrected chi connectivity index (χ2v) is 6.90. The number of aliphatic hydroxyl groups excluding tert-OH is 1. The van der Waals surface area contributed by atoms with Gasteiger partial charge in [-0.1, -0.05) is 11.6 Å². The van der Waals surface area contributed by atoms with Crippen molar-refractivity contribution in [2.75, 3.05) is 6.54 Å². The lowest BCUT2D eigenvalue weighted by molar-refractivity contribution is 0.102. The van der Waals surface area contributed by atoms with Gasteiger partial charge in [-0.05, 0) is 39.0 Å². The third-order valence-corrected chi connectivity index (χ3v) is 5.22. The van der Waals surface area contributed by atoms with Crippen LogP contribution in [-0.2, 0) is 10.0 Å². The number of hydrogen-bond donors (Lipinski definition) is 2. The Labute approximate surface area is 113 Å². The molecule has 7 heteroatoms. The number of rotatable bonds is 4. The summed E-state index contributed by atoms with van der Waals surface area (Å²) in [5, 5.41) is 13.2. The SMILES string of the molecule is Cc1noc(C)c1S(=O)(=O)NCC1CCCC(O)C1. The lowest BCUT2D eigenvalue weighted by Crippen LogP contribution is -2.33. The van der Waals surface area contributed by atoms with Crippen LogP contribution in [0.15, 0.2) is 9.42 Å². The van der Waals surface area contributed by atoms with Gasteiger partial charge < -0.3 is 9.63 Å². The number of sulfonamides is 1. The average Bonchev–Trinajstić information content (AvgIpc) is 2.67. The van der Waals surface area contributed by atoms with Crippen molar-refractivity contribution in [2.45, 2.75) is 50.5 Å². The molecule has 1 aromatic heterocycles. The summed E-state index contributed by atoms with van der Waals surface area (Å²) in [6, 6.07) is 0. The van der Waals surface area contributed by atoms with E-state index < -0.39 is 10.0 Å². The van der Waals surface area contributed by atoms with Crippen LogP contribution in [-0.4, -0.2) is 31.3 Å². The molecule has 1 heterocycles. The van der Waals surface area contributed by atoms with Crippen LogP contribution in [0.4, 0.5) is 0 Å². The summed E-state index contributed by atoms with van der Waals surface area (Å²) in [6.07, 6.45) is 3.06. The molecule has 1 aromatic rings. The molecule has 0 aliphatic heterocycles. The van der Waals surface area contributed by atoms with E-state index in [1.54, 1.807) is 13.8 Å². The fourth-order valence-electron chi connectivity index (χ4n) is 2.61. The first kappa shape index (κ1) is 14.5. The van der Waals surface area contributed by atoms with Crippen LogP contribution in [0, 0.1) is 19.8 Å². The van der Waals surface area contributed by atoms with Crippen molar-refractivity contribution in [3.8, 4) is 0 Å². The molecule has 0 saturated heterocycles. The fraction of sp³-hybridized carbons (Fsp3) is 0.750. The maximum absolute atomic E-state index is 12.2. The van der Waals surface area contributed by atoms with Crippen molar-refractivity contribution in [3.05, 3.63) is 11.5 Å². The molecular formula is C12H20N2O4S. The first-order valence-corrected chi connectivity index (χ1v) is 7.99. The predicted molar refractivity (Wildman–Crippen MR) is 69.1 cm³/mol. The molecule has 1 saturated carbocycles. The van der Waals surface area contributed by atoms with Gasteiger partial charge in [-0.2, -0.15) is 0 Å². The monoisotopic (exact) mass is 288 g/mol. The Balaban J connectivity index is 2.02. The summed E-state index contributed by atoms with van der Waals surface area (Å²) in [6.45, 7) is 3.54. The van der Waals surface area contributed by atoms with Crippen LogP contribution in [0.3, 0.4) is 0 Å². The van der Waals surface area contributed by atoms with E-state index in [2.05, 4.69) is 9.88 Å². The summed E-state index contributed by atoms with van der Waals surface area (Å²) in [7, 11) is -3.58. The third kappa shape index (κ3) is 3.34. The molecule has 0 aromatic carbocycles. The molecule has 6 nitrogen and oxygen atoms in total. The quantitative estimate of drug-likeness (QED) is 0.866. The highest BCUT2D eigenvalue weighted by Crippen LogP contribution is 2.24. The number of nitrogens with zero attached hydrogens (tertiary/aromatic N) is 1. The summed E-state index contributed by atoms with van der Waals surface area (Å²) in [4.78, 5) is 0.129. The van der Waals surface area contributed by atoms with E-state index in [1.165, 1.54) is 0 Å².